The highest BCUT2D eigenvalue weighted by molar-refractivity contribution is 7.13. The second kappa shape index (κ2) is 8.86. The van der Waals surface area contributed by atoms with E-state index in [2.05, 4.69) is 15.0 Å². The van der Waals surface area contributed by atoms with Gasteiger partial charge in [0.05, 0.1) is 16.7 Å². The molecule has 0 spiro atoms. The summed E-state index contributed by atoms with van der Waals surface area (Å²) in [5.74, 6) is 0.261. The Bertz CT molecular complexity index is 1020. The van der Waals surface area contributed by atoms with Crippen LogP contribution in [0.2, 0.25) is 0 Å². The van der Waals surface area contributed by atoms with Crippen LogP contribution < -0.4 is 0 Å². The van der Waals surface area contributed by atoms with Gasteiger partial charge in [0.25, 0.3) is 5.91 Å². The fourth-order valence-corrected chi connectivity index (χ4v) is 4.78. The van der Waals surface area contributed by atoms with E-state index in [-0.39, 0.29) is 17.5 Å². The number of carbonyl (C=O) groups excluding carboxylic acids is 1. The maximum absolute atomic E-state index is 13.4. The zero-order valence-electron chi connectivity index (χ0n) is 17.1. The van der Waals surface area contributed by atoms with Crippen LogP contribution in [0.1, 0.15) is 23.5 Å². The van der Waals surface area contributed by atoms with E-state index in [1.165, 1.54) is 23.5 Å². The van der Waals surface area contributed by atoms with E-state index in [4.69, 9.17) is 4.74 Å². The molecule has 2 fully saturated rings. The Morgan fingerprint density at radius 1 is 1.16 bits per heavy atom. The molecule has 162 valence electrons. The summed E-state index contributed by atoms with van der Waals surface area (Å²) in [6.07, 6.45) is 2.58. The summed E-state index contributed by atoms with van der Waals surface area (Å²) < 4.78 is 20.7. The van der Waals surface area contributed by atoms with Gasteiger partial charge < -0.3 is 9.64 Å². The molecule has 5 rings (SSSR count). The summed E-state index contributed by atoms with van der Waals surface area (Å²) in [5.41, 5.74) is 0.665. The molecule has 4 heterocycles. The van der Waals surface area contributed by atoms with Crippen LogP contribution in [0.25, 0.3) is 16.4 Å². The topological polar surface area (TPSA) is 63.5 Å². The Morgan fingerprint density at radius 3 is 2.65 bits per heavy atom. The molecule has 2 aromatic heterocycles. The van der Waals surface area contributed by atoms with Crippen molar-refractivity contribution in [1.29, 1.82) is 0 Å². The lowest BCUT2D eigenvalue weighted by molar-refractivity contribution is 0.0426. The summed E-state index contributed by atoms with van der Waals surface area (Å²) in [4.78, 5) is 22.8. The van der Waals surface area contributed by atoms with Crippen molar-refractivity contribution in [3.8, 4) is 16.4 Å². The second-order valence-electron chi connectivity index (χ2n) is 7.85. The first kappa shape index (κ1) is 20.3. The van der Waals surface area contributed by atoms with Gasteiger partial charge in [0, 0.05) is 39.3 Å². The van der Waals surface area contributed by atoms with Crippen LogP contribution in [0.5, 0.6) is 0 Å². The van der Waals surface area contributed by atoms with Gasteiger partial charge in [-0.2, -0.15) is 0 Å². The van der Waals surface area contributed by atoms with Crippen molar-refractivity contribution in [2.45, 2.75) is 18.9 Å². The highest BCUT2D eigenvalue weighted by atomic mass is 32.1. The van der Waals surface area contributed by atoms with E-state index in [0.29, 0.717) is 30.7 Å². The van der Waals surface area contributed by atoms with Crippen LogP contribution in [0.15, 0.2) is 41.8 Å². The molecule has 0 N–H and O–H groups in total. The lowest BCUT2D eigenvalue weighted by Gasteiger charge is -2.35. The standard InChI is InChI=1S/C22H24FN5O2S/c23-16-5-7-17(8-6-16)28-21(19-4-2-14-31-19)24-20(25-28)22(29)27-11-9-26(10-12-27)15-18-3-1-13-30-18/h2,4-8,14,18H,1,3,9-13,15H2. The normalized spacial score (nSPS) is 19.8. The van der Waals surface area contributed by atoms with E-state index >= 15 is 0 Å². The van der Waals surface area contributed by atoms with E-state index in [9.17, 15) is 9.18 Å². The quantitative estimate of drug-likeness (QED) is 0.609. The lowest BCUT2D eigenvalue weighted by Crippen LogP contribution is -2.50. The largest absolute Gasteiger partial charge is 0.377 e. The molecular weight excluding hydrogens is 417 g/mol. The minimum absolute atomic E-state index is 0.167. The average Bonchev–Trinajstić information content (AvgIpc) is 3.56. The van der Waals surface area contributed by atoms with Gasteiger partial charge in [-0.05, 0) is 48.6 Å². The molecule has 2 saturated heterocycles. The Kier molecular flexibility index (Phi) is 5.80. The monoisotopic (exact) mass is 441 g/mol. The van der Waals surface area contributed by atoms with Crippen molar-refractivity contribution >= 4 is 17.2 Å². The predicted molar refractivity (Wildman–Crippen MR) is 116 cm³/mol. The van der Waals surface area contributed by atoms with Gasteiger partial charge >= 0.3 is 0 Å². The Labute approximate surface area is 184 Å². The molecule has 0 saturated carbocycles. The fraction of sp³-hybridized carbons (Fsp3) is 0.409. The molecular formula is C22H24FN5O2S. The van der Waals surface area contributed by atoms with Crippen molar-refractivity contribution in [2.75, 3.05) is 39.3 Å². The third-order valence-electron chi connectivity index (χ3n) is 5.76. The van der Waals surface area contributed by atoms with Gasteiger partial charge in [0.1, 0.15) is 5.82 Å². The average molecular weight is 442 g/mol. The summed E-state index contributed by atoms with van der Waals surface area (Å²) in [6.45, 7) is 4.72. The molecule has 1 amide bonds. The number of benzene rings is 1. The molecule has 1 aromatic carbocycles. The number of hydrogen-bond donors (Lipinski definition) is 0. The highest BCUT2D eigenvalue weighted by Gasteiger charge is 2.28. The number of thiophene rings is 1. The van der Waals surface area contributed by atoms with Gasteiger partial charge in [0.2, 0.25) is 5.82 Å². The zero-order chi connectivity index (χ0) is 21.2. The van der Waals surface area contributed by atoms with Crippen LogP contribution >= 0.6 is 11.3 Å². The first-order valence-corrected chi connectivity index (χ1v) is 11.5. The molecule has 1 atom stereocenters. The summed E-state index contributed by atoms with van der Waals surface area (Å²) in [7, 11) is 0. The molecule has 31 heavy (non-hydrogen) atoms. The number of aromatic nitrogens is 3. The minimum atomic E-state index is -0.321. The fourth-order valence-electron chi connectivity index (χ4n) is 4.08. The third-order valence-corrected chi connectivity index (χ3v) is 6.62. The predicted octanol–water partition coefficient (Wildman–Crippen LogP) is 3.07. The summed E-state index contributed by atoms with van der Waals surface area (Å²) in [5, 5.41) is 6.46. The molecule has 0 radical (unpaired) electrons. The molecule has 7 nitrogen and oxygen atoms in total. The number of rotatable bonds is 5. The van der Waals surface area contributed by atoms with Crippen molar-refractivity contribution in [3.63, 3.8) is 0 Å². The Balaban J connectivity index is 1.33. The number of nitrogens with zero attached hydrogens (tertiary/aromatic N) is 5. The number of ether oxygens (including phenoxy) is 1. The Hall–Kier alpha value is -2.62. The summed E-state index contributed by atoms with van der Waals surface area (Å²) in [6, 6.07) is 9.90. The van der Waals surface area contributed by atoms with Gasteiger partial charge in [-0.25, -0.2) is 14.1 Å². The van der Waals surface area contributed by atoms with Gasteiger partial charge in [-0.3, -0.25) is 9.69 Å². The van der Waals surface area contributed by atoms with E-state index in [1.807, 2.05) is 22.4 Å². The first-order valence-electron chi connectivity index (χ1n) is 10.6. The smallest absolute Gasteiger partial charge is 0.293 e. The van der Waals surface area contributed by atoms with E-state index < -0.39 is 0 Å². The SMILES string of the molecule is O=C(c1nc(-c2cccs2)n(-c2ccc(F)cc2)n1)N1CCN(CC2CCCO2)CC1. The first-order chi connectivity index (χ1) is 15.2. The van der Waals surface area contributed by atoms with Gasteiger partial charge in [-0.15, -0.1) is 16.4 Å². The number of piperazine rings is 1. The minimum Gasteiger partial charge on any atom is -0.377 e. The van der Waals surface area contributed by atoms with Crippen LogP contribution in [-0.4, -0.2) is 75.9 Å². The van der Waals surface area contributed by atoms with Gasteiger partial charge in [0.15, 0.2) is 5.82 Å². The van der Waals surface area contributed by atoms with Crippen LogP contribution in [0.4, 0.5) is 4.39 Å². The maximum Gasteiger partial charge on any atom is 0.293 e. The van der Waals surface area contributed by atoms with Crippen molar-refractivity contribution < 1.29 is 13.9 Å². The lowest BCUT2D eigenvalue weighted by atomic mass is 10.2. The van der Waals surface area contributed by atoms with E-state index in [1.54, 1.807) is 16.8 Å². The molecule has 1 unspecified atom stereocenters. The highest BCUT2D eigenvalue weighted by Crippen LogP contribution is 2.26. The molecule has 0 bridgehead atoms. The number of amides is 1. The molecule has 9 heteroatoms. The number of halogens is 1. The molecule has 2 aliphatic rings. The van der Waals surface area contributed by atoms with Crippen molar-refractivity contribution in [3.05, 3.63) is 53.4 Å². The maximum atomic E-state index is 13.4. The zero-order valence-corrected chi connectivity index (χ0v) is 17.9. The van der Waals surface area contributed by atoms with Crippen LogP contribution in [-0.2, 0) is 4.74 Å². The Morgan fingerprint density at radius 2 is 1.97 bits per heavy atom. The molecule has 3 aromatic rings. The molecule has 2 aliphatic heterocycles. The third kappa shape index (κ3) is 4.39. The second-order valence-corrected chi connectivity index (χ2v) is 8.80. The van der Waals surface area contributed by atoms with E-state index in [0.717, 1.165) is 44.0 Å². The molecule has 0 aliphatic carbocycles. The van der Waals surface area contributed by atoms with Gasteiger partial charge in [-0.1, -0.05) is 6.07 Å². The number of hydrogen-bond acceptors (Lipinski definition) is 6. The van der Waals surface area contributed by atoms with Crippen molar-refractivity contribution in [1.82, 2.24) is 24.6 Å². The van der Waals surface area contributed by atoms with Crippen LogP contribution in [0, 0.1) is 5.82 Å². The van der Waals surface area contributed by atoms with Crippen molar-refractivity contribution in [2.24, 2.45) is 0 Å². The van der Waals surface area contributed by atoms with Crippen LogP contribution in [0.3, 0.4) is 0 Å². The summed E-state index contributed by atoms with van der Waals surface area (Å²) >= 11 is 1.52. The number of carbonyl (C=O) groups is 1.